The van der Waals surface area contributed by atoms with Crippen molar-refractivity contribution in [2.75, 3.05) is 5.88 Å². The Morgan fingerprint density at radius 3 is 2.76 bits per heavy atom. The van der Waals surface area contributed by atoms with Crippen LogP contribution < -0.4 is 4.74 Å². The van der Waals surface area contributed by atoms with Gasteiger partial charge in [0.25, 0.3) is 0 Å². The number of nitrogens with zero attached hydrogens (tertiary/aromatic N) is 2. The zero-order chi connectivity index (χ0) is 14.8. The Balaban J connectivity index is 2.12. The minimum atomic E-state index is 0.156. The molecule has 1 aliphatic rings. The SMILES string of the molecule is CC(C)Oc1cccc2c1nc(CCCl)n2C1CCCC1. The summed E-state index contributed by atoms with van der Waals surface area (Å²) in [6, 6.07) is 6.81. The first-order valence-corrected chi connectivity index (χ1v) is 8.46. The van der Waals surface area contributed by atoms with Crippen LogP contribution >= 0.6 is 11.6 Å². The molecule has 3 rings (SSSR count). The molecule has 4 heteroatoms. The van der Waals surface area contributed by atoms with Crippen molar-refractivity contribution in [3.05, 3.63) is 24.0 Å². The highest BCUT2D eigenvalue weighted by atomic mass is 35.5. The smallest absolute Gasteiger partial charge is 0.147 e. The number of aromatic nitrogens is 2. The normalized spacial score (nSPS) is 16.2. The molecule has 3 nitrogen and oxygen atoms in total. The van der Waals surface area contributed by atoms with Crippen LogP contribution in [0.25, 0.3) is 11.0 Å². The summed E-state index contributed by atoms with van der Waals surface area (Å²) in [5, 5.41) is 0. The molecule has 0 unspecified atom stereocenters. The van der Waals surface area contributed by atoms with Crippen LogP contribution in [0.1, 0.15) is 51.4 Å². The standard InChI is InChI=1S/C17H23ClN2O/c1-12(2)21-15-9-5-8-14-17(15)19-16(10-11-18)20(14)13-6-3-4-7-13/h5,8-9,12-13H,3-4,6-7,10-11H2,1-2H3. The van der Waals surface area contributed by atoms with Gasteiger partial charge in [0.2, 0.25) is 0 Å². The zero-order valence-electron chi connectivity index (χ0n) is 12.8. The van der Waals surface area contributed by atoms with Gasteiger partial charge in [0.1, 0.15) is 17.1 Å². The van der Waals surface area contributed by atoms with Crippen molar-refractivity contribution in [1.82, 2.24) is 9.55 Å². The van der Waals surface area contributed by atoms with Gasteiger partial charge < -0.3 is 9.30 Å². The maximum atomic E-state index is 5.98. The van der Waals surface area contributed by atoms with E-state index in [4.69, 9.17) is 21.3 Å². The summed E-state index contributed by atoms with van der Waals surface area (Å²) in [4.78, 5) is 4.85. The summed E-state index contributed by atoms with van der Waals surface area (Å²) in [5.74, 6) is 2.60. The molecular formula is C17H23ClN2O. The largest absolute Gasteiger partial charge is 0.489 e. The van der Waals surface area contributed by atoms with E-state index in [2.05, 4.69) is 16.7 Å². The summed E-state index contributed by atoms with van der Waals surface area (Å²) < 4.78 is 8.34. The van der Waals surface area contributed by atoms with Crippen LogP contribution in [-0.2, 0) is 6.42 Å². The number of aryl methyl sites for hydroxylation is 1. The fraction of sp³-hybridized carbons (Fsp3) is 0.588. The molecule has 1 aromatic carbocycles. The van der Waals surface area contributed by atoms with Gasteiger partial charge in [-0.05, 0) is 38.8 Å². The van der Waals surface area contributed by atoms with E-state index in [-0.39, 0.29) is 6.10 Å². The Hall–Kier alpha value is -1.22. The minimum Gasteiger partial charge on any atom is -0.489 e. The highest BCUT2D eigenvalue weighted by Gasteiger charge is 2.23. The third-order valence-corrected chi connectivity index (χ3v) is 4.32. The third kappa shape index (κ3) is 2.89. The fourth-order valence-electron chi connectivity index (χ4n) is 3.32. The van der Waals surface area contributed by atoms with Gasteiger partial charge in [0.15, 0.2) is 0 Å². The predicted octanol–water partition coefficient (Wildman–Crippen LogP) is 4.72. The molecule has 0 amide bonds. The second-order valence-electron chi connectivity index (χ2n) is 6.07. The molecule has 0 atom stereocenters. The molecule has 1 fully saturated rings. The quantitative estimate of drug-likeness (QED) is 0.747. The van der Waals surface area contributed by atoms with Crippen molar-refractivity contribution >= 4 is 22.6 Å². The van der Waals surface area contributed by atoms with Crippen LogP contribution in [0.15, 0.2) is 18.2 Å². The van der Waals surface area contributed by atoms with Crippen LogP contribution in [0.3, 0.4) is 0 Å². The Morgan fingerprint density at radius 1 is 1.33 bits per heavy atom. The average Bonchev–Trinajstić information content (AvgIpc) is 3.05. The number of para-hydroxylation sites is 1. The number of benzene rings is 1. The summed E-state index contributed by atoms with van der Waals surface area (Å²) in [6.45, 7) is 4.10. The van der Waals surface area contributed by atoms with Gasteiger partial charge in [0, 0.05) is 18.3 Å². The predicted molar refractivity (Wildman–Crippen MR) is 87.4 cm³/mol. The monoisotopic (exact) mass is 306 g/mol. The lowest BCUT2D eigenvalue weighted by Gasteiger charge is -2.16. The minimum absolute atomic E-state index is 0.156. The molecule has 21 heavy (non-hydrogen) atoms. The van der Waals surface area contributed by atoms with E-state index in [1.807, 2.05) is 19.9 Å². The number of ether oxygens (including phenoxy) is 1. The number of hydrogen-bond acceptors (Lipinski definition) is 2. The summed E-state index contributed by atoms with van der Waals surface area (Å²) in [7, 11) is 0. The molecule has 0 aliphatic heterocycles. The summed E-state index contributed by atoms with van der Waals surface area (Å²) >= 11 is 5.98. The van der Waals surface area contributed by atoms with E-state index >= 15 is 0 Å². The molecule has 0 radical (unpaired) electrons. The van der Waals surface area contributed by atoms with E-state index in [0.717, 1.165) is 23.5 Å². The van der Waals surface area contributed by atoms with Gasteiger partial charge in [-0.15, -0.1) is 11.6 Å². The highest BCUT2D eigenvalue weighted by Crippen LogP contribution is 2.36. The lowest BCUT2D eigenvalue weighted by molar-refractivity contribution is 0.245. The second-order valence-corrected chi connectivity index (χ2v) is 6.44. The molecule has 0 spiro atoms. The van der Waals surface area contributed by atoms with E-state index in [1.54, 1.807) is 0 Å². The Labute approximate surface area is 131 Å². The van der Waals surface area contributed by atoms with Crippen LogP contribution in [0, 0.1) is 0 Å². The van der Waals surface area contributed by atoms with Crippen LogP contribution in [0.4, 0.5) is 0 Å². The Kier molecular flexibility index (Phi) is 4.39. The lowest BCUT2D eigenvalue weighted by atomic mass is 10.2. The lowest BCUT2D eigenvalue weighted by Crippen LogP contribution is -2.09. The number of hydrogen-bond donors (Lipinski definition) is 0. The first-order chi connectivity index (χ1) is 10.2. The highest BCUT2D eigenvalue weighted by molar-refractivity contribution is 6.17. The Bertz CT molecular complexity index is 615. The number of fused-ring (bicyclic) bond motifs is 1. The van der Waals surface area contributed by atoms with Gasteiger partial charge in [0.05, 0.1) is 11.6 Å². The van der Waals surface area contributed by atoms with Gasteiger partial charge >= 0.3 is 0 Å². The van der Waals surface area contributed by atoms with Crippen molar-refractivity contribution < 1.29 is 4.74 Å². The molecule has 1 heterocycles. The van der Waals surface area contributed by atoms with E-state index in [1.165, 1.54) is 31.2 Å². The number of imidazole rings is 1. The van der Waals surface area contributed by atoms with Crippen molar-refractivity contribution in [3.63, 3.8) is 0 Å². The molecule has 0 bridgehead atoms. The number of alkyl halides is 1. The van der Waals surface area contributed by atoms with Gasteiger partial charge in [-0.25, -0.2) is 4.98 Å². The maximum absolute atomic E-state index is 5.98. The molecule has 1 aliphatic carbocycles. The fourth-order valence-corrected chi connectivity index (χ4v) is 3.49. The van der Waals surface area contributed by atoms with Crippen LogP contribution in [0.2, 0.25) is 0 Å². The molecular weight excluding hydrogens is 284 g/mol. The molecule has 1 saturated carbocycles. The van der Waals surface area contributed by atoms with Crippen molar-refractivity contribution in [1.29, 1.82) is 0 Å². The van der Waals surface area contributed by atoms with Crippen LogP contribution in [0.5, 0.6) is 5.75 Å². The van der Waals surface area contributed by atoms with Crippen molar-refractivity contribution in [3.8, 4) is 5.75 Å². The molecule has 0 N–H and O–H groups in total. The first-order valence-electron chi connectivity index (χ1n) is 7.93. The number of halogens is 1. The van der Waals surface area contributed by atoms with Crippen molar-refractivity contribution in [2.24, 2.45) is 0 Å². The summed E-state index contributed by atoms with van der Waals surface area (Å²) in [5.41, 5.74) is 2.18. The third-order valence-electron chi connectivity index (χ3n) is 4.13. The maximum Gasteiger partial charge on any atom is 0.147 e. The van der Waals surface area contributed by atoms with Gasteiger partial charge in [-0.2, -0.15) is 0 Å². The number of rotatable bonds is 5. The molecule has 114 valence electrons. The second kappa shape index (κ2) is 6.27. The van der Waals surface area contributed by atoms with Gasteiger partial charge in [-0.3, -0.25) is 0 Å². The van der Waals surface area contributed by atoms with Gasteiger partial charge in [-0.1, -0.05) is 18.9 Å². The Morgan fingerprint density at radius 2 is 2.10 bits per heavy atom. The van der Waals surface area contributed by atoms with Crippen LogP contribution in [-0.4, -0.2) is 21.5 Å². The zero-order valence-corrected chi connectivity index (χ0v) is 13.6. The molecule has 0 saturated heterocycles. The van der Waals surface area contributed by atoms with E-state index < -0.39 is 0 Å². The average molecular weight is 307 g/mol. The molecule has 1 aromatic heterocycles. The van der Waals surface area contributed by atoms with E-state index in [9.17, 15) is 0 Å². The first kappa shape index (κ1) is 14.7. The summed E-state index contributed by atoms with van der Waals surface area (Å²) in [6.07, 6.45) is 6.09. The van der Waals surface area contributed by atoms with E-state index in [0.29, 0.717) is 11.9 Å². The van der Waals surface area contributed by atoms with Crippen molar-refractivity contribution in [2.45, 2.75) is 58.1 Å². The topological polar surface area (TPSA) is 27.1 Å². The molecule has 2 aromatic rings.